The monoisotopic (exact) mass is 437 g/mol. The molecule has 0 aliphatic rings. The predicted molar refractivity (Wildman–Crippen MR) is 109 cm³/mol. The van der Waals surface area contributed by atoms with Gasteiger partial charge in [-0.25, -0.2) is 22.2 Å². The van der Waals surface area contributed by atoms with Crippen LogP contribution in [0.3, 0.4) is 0 Å². The molecule has 0 radical (unpaired) electrons. The van der Waals surface area contributed by atoms with Crippen LogP contribution in [0.2, 0.25) is 0 Å². The van der Waals surface area contributed by atoms with E-state index in [0.29, 0.717) is 28.7 Å². The highest BCUT2D eigenvalue weighted by Crippen LogP contribution is 2.25. The number of anilines is 1. The maximum atomic E-state index is 14.8. The number of nitrogens with zero attached hydrogens (tertiary/aromatic N) is 1. The summed E-state index contributed by atoms with van der Waals surface area (Å²) in [6, 6.07) is 5.10. The molecular weight excluding hydrogens is 416 g/mol. The largest absolute Gasteiger partial charge is 0.387 e. The molecule has 3 rings (SSSR count). The number of benzene rings is 1. The normalized spacial score (nSPS) is 12.8. The van der Waals surface area contributed by atoms with Crippen molar-refractivity contribution in [2.45, 2.75) is 32.8 Å². The molecular formula is C20H21F2N3O4S. The minimum atomic E-state index is -3.81. The molecule has 1 atom stereocenters. The lowest BCUT2D eigenvalue weighted by Crippen LogP contribution is -2.19. The number of pyridine rings is 1. The maximum absolute atomic E-state index is 14.8. The molecule has 0 amide bonds. The molecule has 7 nitrogen and oxygen atoms in total. The number of aliphatic hydroxyl groups is 1. The first-order chi connectivity index (χ1) is 14.1. The first-order valence-corrected chi connectivity index (χ1v) is 10.9. The summed E-state index contributed by atoms with van der Waals surface area (Å²) in [6.07, 6.45) is 0.644. The van der Waals surface area contributed by atoms with Crippen LogP contribution in [0.1, 0.15) is 48.0 Å². The third-order valence-electron chi connectivity index (χ3n) is 4.47. The molecule has 0 aliphatic heterocycles. The molecule has 30 heavy (non-hydrogen) atoms. The van der Waals surface area contributed by atoms with Gasteiger partial charge in [0.2, 0.25) is 10.0 Å². The molecule has 0 spiro atoms. The molecule has 160 valence electrons. The minimum absolute atomic E-state index is 0.232. The number of hydrogen-bond acceptors (Lipinski definition) is 5. The molecule has 0 saturated heterocycles. The Morgan fingerprint density at radius 2 is 2.03 bits per heavy atom. The number of aromatic nitrogens is 2. The molecule has 3 aromatic rings. The second-order valence-corrected chi connectivity index (χ2v) is 8.83. The van der Waals surface area contributed by atoms with Gasteiger partial charge in [0.05, 0.1) is 23.1 Å². The molecule has 2 aromatic heterocycles. The van der Waals surface area contributed by atoms with Gasteiger partial charge >= 0.3 is 0 Å². The summed E-state index contributed by atoms with van der Waals surface area (Å²) in [5.41, 5.74) is 0.177. The van der Waals surface area contributed by atoms with E-state index in [1.165, 1.54) is 6.20 Å². The van der Waals surface area contributed by atoms with Crippen LogP contribution in [0.15, 0.2) is 30.5 Å². The Balaban J connectivity index is 1.89. The number of sulfonamides is 1. The van der Waals surface area contributed by atoms with Crippen molar-refractivity contribution < 1.29 is 27.1 Å². The van der Waals surface area contributed by atoms with Crippen LogP contribution in [0.5, 0.6) is 0 Å². The Kier molecular flexibility index (Phi) is 6.18. The SMILES string of the molecule is CCCS(=O)(=O)Nc1ccc(F)c(C(=O)Cc2cnc3[nH]c(C(C)O)cc3c2)c1F. The van der Waals surface area contributed by atoms with Crippen LogP contribution < -0.4 is 4.72 Å². The smallest absolute Gasteiger partial charge is 0.232 e. The van der Waals surface area contributed by atoms with Crippen molar-refractivity contribution in [1.29, 1.82) is 0 Å². The first kappa shape index (κ1) is 21.8. The lowest BCUT2D eigenvalue weighted by molar-refractivity contribution is 0.0985. The quantitative estimate of drug-likeness (QED) is 0.467. The number of aromatic amines is 1. The Morgan fingerprint density at radius 3 is 2.70 bits per heavy atom. The van der Waals surface area contributed by atoms with Crippen LogP contribution in [-0.4, -0.2) is 35.0 Å². The lowest BCUT2D eigenvalue weighted by Gasteiger charge is -2.11. The molecule has 0 saturated carbocycles. The number of carbonyl (C=O) groups is 1. The van der Waals surface area contributed by atoms with Gasteiger partial charge in [0.1, 0.15) is 11.5 Å². The van der Waals surface area contributed by atoms with Crippen molar-refractivity contribution in [1.82, 2.24) is 9.97 Å². The van der Waals surface area contributed by atoms with Crippen molar-refractivity contribution in [3.63, 3.8) is 0 Å². The summed E-state index contributed by atoms with van der Waals surface area (Å²) in [5, 5.41) is 10.3. The first-order valence-electron chi connectivity index (χ1n) is 9.28. The van der Waals surface area contributed by atoms with Crippen molar-refractivity contribution in [2.24, 2.45) is 0 Å². The Labute approximate surface area is 172 Å². The van der Waals surface area contributed by atoms with E-state index in [4.69, 9.17) is 0 Å². The second-order valence-electron chi connectivity index (χ2n) is 6.99. The molecule has 1 aromatic carbocycles. The Hall–Kier alpha value is -2.85. The zero-order chi connectivity index (χ0) is 22.1. The van der Waals surface area contributed by atoms with E-state index in [-0.39, 0.29) is 12.2 Å². The topological polar surface area (TPSA) is 112 Å². The van der Waals surface area contributed by atoms with Gasteiger partial charge in [-0.15, -0.1) is 0 Å². The maximum Gasteiger partial charge on any atom is 0.232 e. The summed E-state index contributed by atoms with van der Waals surface area (Å²) in [6.45, 7) is 3.23. The Morgan fingerprint density at radius 1 is 1.30 bits per heavy atom. The standard InChI is InChI=1S/C20H21F2N3O4S/c1-3-6-30(28,29)25-15-5-4-14(21)18(19(15)22)17(27)8-12-7-13-9-16(11(2)26)24-20(13)23-10-12/h4-5,7,9-11,25-26H,3,6,8H2,1-2H3,(H,23,24). The fraction of sp³-hybridized carbons (Fsp3) is 0.300. The Bertz CT molecular complexity index is 1210. The average Bonchev–Trinajstić information content (AvgIpc) is 3.08. The number of Topliss-reactive ketones (excluding diaryl/α,β-unsaturated/α-hetero) is 1. The van der Waals surface area contributed by atoms with Gasteiger partial charge in [-0.1, -0.05) is 6.92 Å². The average molecular weight is 437 g/mol. The number of ketones is 1. The van der Waals surface area contributed by atoms with Gasteiger partial charge in [-0.2, -0.15) is 0 Å². The van der Waals surface area contributed by atoms with Crippen LogP contribution in [0, 0.1) is 11.6 Å². The van der Waals surface area contributed by atoms with Gasteiger partial charge in [0, 0.05) is 23.7 Å². The summed E-state index contributed by atoms with van der Waals surface area (Å²) in [4.78, 5) is 19.7. The molecule has 0 aliphatic carbocycles. The van der Waals surface area contributed by atoms with E-state index in [2.05, 4.69) is 9.97 Å². The number of hydrogen-bond donors (Lipinski definition) is 3. The second kappa shape index (κ2) is 8.49. The van der Waals surface area contributed by atoms with E-state index in [1.54, 1.807) is 26.0 Å². The zero-order valence-electron chi connectivity index (χ0n) is 16.4. The minimum Gasteiger partial charge on any atom is -0.387 e. The van der Waals surface area contributed by atoms with Crippen LogP contribution in [-0.2, 0) is 16.4 Å². The number of nitrogens with one attached hydrogen (secondary N) is 2. The summed E-state index contributed by atoms with van der Waals surface area (Å²) in [5.74, 6) is -3.42. The highest BCUT2D eigenvalue weighted by atomic mass is 32.2. The van der Waals surface area contributed by atoms with Crippen LogP contribution in [0.25, 0.3) is 11.0 Å². The number of rotatable bonds is 8. The number of H-pyrrole nitrogens is 1. The molecule has 0 fully saturated rings. The van der Waals surface area contributed by atoms with Gasteiger partial charge < -0.3 is 10.1 Å². The molecule has 3 N–H and O–H groups in total. The number of halogens is 2. The fourth-order valence-corrected chi connectivity index (χ4v) is 4.18. The highest BCUT2D eigenvalue weighted by molar-refractivity contribution is 7.92. The van der Waals surface area contributed by atoms with Crippen molar-refractivity contribution in [3.8, 4) is 0 Å². The van der Waals surface area contributed by atoms with E-state index in [9.17, 15) is 27.1 Å². The van der Waals surface area contributed by atoms with Crippen molar-refractivity contribution in [3.05, 3.63) is 58.9 Å². The highest BCUT2D eigenvalue weighted by Gasteiger charge is 2.23. The molecule has 2 heterocycles. The number of aliphatic hydroxyl groups excluding tert-OH is 1. The summed E-state index contributed by atoms with van der Waals surface area (Å²) in [7, 11) is -3.81. The van der Waals surface area contributed by atoms with Gasteiger partial charge in [0.25, 0.3) is 0 Å². The lowest BCUT2D eigenvalue weighted by atomic mass is 10.0. The number of carbonyl (C=O) groups excluding carboxylic acids is 1. The van der Waals surface area contributed by atoms with E-state index in [0.717, 1.165) is 12.1 Å². The number of fused-ring (bicyclic) bond motifs is 1. The van der Waals surface area contributed by atoms with Crippen LogP contribution >= 0.6 is 0 Å². The third kappa shape index (κ3) is 4.65. The summed E-state index contributed by atoms with van der Waals surface area (Å²) >= 11 is 0. The third-order valence-corrected chi connectivity index (χ3v) is 5.95. The summed E-state index contributed by atoms with van der Waals surface area (Å²) < 4.78 is 54.8. The molecule has 10 heteroatoms. The van der Waals surface area contributed by atoms with Gasteiger partial charge in [-0.05, 0) is 43.2 Å². The van der Waals surface area contributed by atoms with Gasteiger partial charge in [-0.3, -0.25) is 9.52 Å². The van der Waals surface area contributed by atoms with E-state index >= 15 is 0 Å². The van der Waals surface area contributed by atoms with Crippen molar-refractivity contribution in [2.75, 3.05) is 10.5 Å². The zero-order valence-corrected chi connectivity index (χ0v) is 17.2. The molecule has 1 unspecified atom stereocenters. The van der Waals surface area contributed by atoms with Crippen LogP contribution in [0.4, 0.5) is 14.5 Å². The predicted octanol–water partition coefficient (Wildman–Crippen LogP) is 3.47. The fourth-order valence-electron chi connectivity index (χ4n) is 3.05. The molecule has 0 bridgehead atoms. The van der Waals surface area contributed by atoms with Gasteiger partial charge in [0.15, 0.2) is 11.6 Å². The van der Waals surface area contributed by atoms with E-state index in [1.807, 2.05) is 4.72 Å². The van der Waals surface area contributed by atoms with Crippen molar-refractivity contribution >= 4 is 32.5 Å². The van der Waals surface area contributed by atoms with E-state index < -0.39 is 44.8 Å².